The molecule has 0 saturated carbocycles. The minimum Gasteiger partial charge on any atom is -0.475 e. The Morgan fingerprint density at radius 2 is 1.89 bits per heavy atom. The summed E-state index contributed by atoms with van der Waals surface area (Å²) in [5.74, 6) is -0.542. The minimum atomic E-state index is -4.93. The van der Waals surface area contributed by atoms with Gasteiger partial charge in [-0.25, -0.2) is 18.1 Å². The van der Waals surface area contributed by atoms with Crippen LogP contribution in [0, 0.1) is 5.92 Å². The summed E-state index contributed by atoms with van der Waals surface area (Å²) in [5, 5.41) is 3.29. The number of sulfonamides is 1. The summed E-state index contributed by atoms with van der Waals surface area (Å²) in [6.45, 7) is 4.26. The van der Waals surface area contributed by atoms with E-state index in [4.69, 9.17) is 4.74 Å². The minimum absolute atomic E-state index is 0.00528. The molecule has 0 unspecified atom stereocenters. The number of ether oxygens (including phenoxy) is 2. The van der Waals surface area contributed by atoms with E-state index in [1.54, 1.807) is 12.1 Å². The van der Waals surface area contributed by atoms with Crippen molar-refractivity contribution in [1.82, 2.24) is 9.97 Å². The number of alkyl halides is 3. The fraction of sp³-hybridized carbons (Fsp3) is 0.304. The first-order valence-corrected chi connectivity index (χ1v) is 12.2. The van der Waals surface area contributed by atoms with E-state index in [-0.39, 0.29) is 40.6 Å². The summed E-state index contributed by atoms with van der Waals surface area (Å²) >= 11 is 0. The lowest BCUT2D eigenvalue weighted by Crippen LogP contribution is -2.29. The molecule has 2 aromatic carbocycles. The van der Waals surface area contributed by atoms with Gasteiger partial charge in [-0.3, -0.25) is 0 Å². The Kier molecular flexibility index (Phi) is 6.75. The molecule has 12 heteroatoms. The summed E-state index contributed by atoms with van der Waals surface area (Å²) in [6, 6.07) is 12.8. The van der Waals surface area contributed by atoms with Crippen LogP contribution < -0.4 is 19.5 Å². The van der Waals surface area contributed by atoms with Crippen LogP contribution in [0.1, 0.15) is 20.3 Å². The molecule has 35 heavy (non-hydrogen) atoms. The molecule has 186 valence electrons. The second-order valence-electron chi connectivity index (χ2n) is 8.37. The second-order valence-corrected chi connectivity index (χ2v) is 10.1. The number of benzene rings is 2. The highest BCUT2D eigenvalue weighted by molar-refractivity contribution is 7.92. The van der Waals surface area contributed by atoms with Crippen molar-refractivity contribution in [3.8, 4) is 22.9 Å². The van der Waals surface area contributed by atoms with Gasteiger partial charge in [-0.15, -0.1) is 13.2 Å². The van der Waals surface area contributed by atoms with Crippen molar-refractivity contribution in [3.63, 3.8) is 0 Å². The van der Waals surface area contributed by atoms with E-state index in [9.17, 15) is 21.6 Å². The fourth-order valence-corrected chi connectivity index (χ4v) is 4.66. The van der Waals surface area contributed by atoms with Crippen molar-refractivity contribution in [2.45, 2.75) is 37.6 Å². The van der Waals surface area contributed by atoms with Crippen LogP contribution >= 0.6 is 0 Å². The lowest BCUT2D eigenvalue weighted by Gasteiger charge is -2.23. The molecule has 0 saturated heterocycles. The zero-order chi connectivity index (χ0) is 25.2. The maximum Gasteiger partial charge on any atom is 0.573 e. The van der Waals surface area contributed by atoms with Gasteiger partial charge in [-0.2, -0.15) is 4.98 Å². The van der Waals surface area contributed by atoms with Crippen molar-refractivity contribution in [2.75, 3.05) is 16.6 Å². The molecule has 2 N–H and O–H groups in total. The van der Waals surface area contributed by atoms with Crippen LogP contribution in [0.2, 0.25) is 0 Å². The van der Waals surface area contributed by atoms with E-state index in [1.165, 1.54) is 36.4 Å². The highest BCUT2D eigenvalue weighted by Gasteiger charge is 2.32. The maximum atomic E-state index is 13.0. The molecule has 0 amide bonds. The average Bonchev–Trinajstić information content (AvgIpc) is 2.76. The predicted octanol–water partition coefficient (Wildman–Crippen LogP) is 5.06. The Morgan fingerprint density at radius 1 is 1.11 bits per heavy atom. The lowest BCUT2D eigenvalue weighted by molar-refractivity contribution is -0.274. The smallest absolute Gasteiger partial charge is 0.475 e. The van der Waals surface area contributed by atoms with Crippen LogP contribution in [0.15, 0.2) is 59.5 Å². The van der Waals surface area contributed by atoms with Crippen LogP contribution in [0.25, 0.3) is 11.3 Å². The SMILES string of the molecule is CC(C)C[C@@H]1COc2cc(-c3ccccc3OC(F)(F)F)nc(n2)NS(=O)(=O)c2cccc(c2)N1. The standard InChI is InChI=1S/C23H23F3N4O4S/c1-14(2)10-16-13-33-21-12-19(18-8-3-4-9-20(18)34-23(24,25)26)28-22(29-21)30-35(31,32)17-7-5-6-15(11-17)27-16/h3-9,11-12,14,16,27H,10,13H2,1-2H3,(H,28,29,30)/t16-/m1/s1. The van der Waals surface area contributed by atoms with Crippen LogP contribution in [0.4, 0.5) is 24.8 Å². The second kappa shape index (κ2) is 9.61. The predicted molar refractivity (Wildman–Crippen MR) is 124 cm³/mol. The number of para-hydroxylation sites is 1. The van der Waals surface area contributed by atoms with Crippen LogP contribution in [-0.4, -0.2) is 37.4 Å². The Morgan fingerprint density at radius 3 is 2.63 bits per heavy atom. The molecule has 4 bridgehead atoms. The molecule has 1 aliphatic rings. The largest absolute Gasteiger partial charge is 0.573 e. The zero-order valence-electron chi connectivity index (χ0n) is 18.8. The van der Waals surface area contributed by atoms with Crippen molar-refractivity contribution >= 4 is 21.7 Å². The molecule has 3 aromatic rings. The third-order valence-electron chi connectivity index (χ3n) is 5.02. The first-order chi connectivity index (χ1) is 16.5. The number of nitrogens with one attached hydrogen (secondary N) is 2. The molecule has 4 rings (SSSR count). The van der Waals surface area contributed by atoms with Crippen molar-refractivity contribution in [2.24, 2.45) is 5.92 Å². The third-order valence-corrected chi connectivity index (χ3v) is 6.35. The molecule has 2 heterocycles. The summed E-state index contributed by atoms with van der Waals surface area (Å²) in [4.78, 5) is 8.26. The summed E-state index contributed by atoms with van der Waals surface area (Å²) in [6.07, 6.45) is -4.22. The Hall–Kier alpha value is -3.54. The number of halogens is 3. The van der Waals surface area contributed by atoms with Gasteiger partial charge >= 0.3 is 6.36 Å². The Bertz CT molecular complexity index is 1320. The molecule has 0 spiro atoms. The number of hydrogen-bond donors (Lipinski definition) is 2. The summed E-state index contributed by atoms with van der Waals surface area (Å²) < 4.78 is 77.2. The molecule has 0 aliphatic carbocycles. The molecular formula is C23H23F3N4O4S. The van der Waals surface area contributed by atoms with Crippen LogP contribution in [0.3, 0.4) is 0 Å². The Balaban J connectivity index is 1.81. The molecule has 0 radical (unpaired) electrons. The maximum absolute atomic E-state index is 13.0. The number of rotatable bonds is 4. The van der Waals surface area contributed by atoms with Crippen molar-refractivity contribution < 1.29 is 31.1 Å². The van der Waals surface area contributed by atoms with Crippen LogP contribution in [0.5, 0.6) is 11.6 Å². The molecule has 1 atom stereocenters. The number of fused-ring (bicyclic) bond motifs is 4. The van der Waals surface area contributed by atoms with Crippen molar-refractivity contribution in [3.05, 3.63) is 54.6 Å². The third kappa shape index (κ3) is 6.32. The molecule has 0 fully saturated rings. The molecular weight excluding hydrogens is 485 g/mol. The van der Waals surface area contributed by atoms with E-state index >= 15 is 0 Å². The monoisotopic (exact) mass is 508 g/mol. The van der Waals surface area contributed by atoms with Gasteiger partial charge in [0.15, 0.2) is 0 Å². The average molecular weight is 509 g/mol. The van der Waals surface area contributed by atoms with Gasteiger partial charge in [0.1, 0.15) is 12.4 Å². The number of aromatic nitrogens is 2. The molecule has 8 nitrogen and oxygen atoms in total. The van der Waals surface area contributed by atoms with E-state index in [1.807, 2.05) is 13.8 Å². The summed E-state index contributed by atoms with van der Waals surface area (Å²) in [7, 11) is -4.11. The first-order valence-electron chi connectivity index (χ1n) is 10.7. The van der Waals surface area contributed by atoms with E-state index < -0.39 is 22.1 Å². The van der Waals surface area contributed by atoms with E-state index in [0.29, 0.717) is 18.0 Å². The Labute approximate surface area is 200 Å². The summed E-state index contributed by atoms with van der Waals surface area (Å²) in [5.41, 5.74) is 0.585. The fourth-order valence-electron chi connectivity index (χ4n) is 3.67. The quantitative estimate of drug-likeness (QED) is 0.508. The number of nitrogens with zero attached hydrogens (tertiary/aromatic N) is 2. The highest BCUT2D eigenvalue weighted by atomic mass is 32.2. The van der Waals surface area contributed by atoms with Gasteiger partial charge in [0.2, 0.25) is 11.8 Å². The van der Waals surface area contributed by atoms with E-state index in [0.717, 1.165) is 6.07 Å². The topological polar surface area (TPSA) is 102 Å². The van der Waals surface area contributed by atoms with Gasteiger partial charge in [-0.05, 0) is 42.7 Å². The van der Waals surface area contributed by atoms with E-state index in [2.05, 4.69) is 24.7 Å². The molecule has 1 aliphatic heterocycles. The number of anilines is 2. The normalized spacial score (nSPS) is 17.3. The van der Waals surface area contributed by atoms with Gasteiger partial charge in [0.05, 0.1) is 16.6 Å². The van der Waals surface area contributed by atoms with Gasteiger partial charge in [0.25, 0.3) is 10.0 Å². The van der Waals surface area contributed by atoms with Gasteiger partial charge < -0.3 is 14.8 Å². The molecule has 1 aromatic heterocycles. The highest BCUT2D eigenvalue weighted by Crippen LogP contribution is 2.35. The first kappa shape index (κ1) is 24.6. The van der Waals surface area contributed by atoms with Gasteiger partial charge in [0, 0.05) is 17.3 Å². The lowest BCUT2D eigenvalue weighted by atomic mass is 10.0. The zero-order valence-corrected chi connectivity index (χ0v) is 19.7. The number of hydrogen-bond acceptors (Lipinski definition) is 7. The van der Waals surface area contributed by atoms with Gasteiger partial charge in [-0.1, -0.05) is 32.0 Å². The van der Waals surface area contributed by atoms with Crippen molar-refractivity contribution in [1.29, 1.82) is 0 Å². The van der Waals surface area contributed by atoms with Crippen LogP contribution in [-0.2, 0) is 10.0 Å².